The first kappa shape index (κ1) is 15.6. The molecule has 0 aromatic carbocycles. The maximum absolute atomic E-state index is 6.32. The van der Waals surface area contributed by atoms with Crippen LogP contribution in [-0.2, 0) is 6.54 Å². The third-order valence-electron chi connectivity index (χ3n) is 3.37. The van der Waals surface area contributed by atoms with E-state index in [1.165, 1.54) is 10.4 Å². The lowest BCUT2D eigenvalue weighted by Crippen LogP contribution is -2.28. The number of aromatic nitrogens is 2. The molecule has 0 aliphatic carbocycles. The Bertz CT molecular complexity index is 609. The molecule has 2 heterocycles. The predicted octanol–water partition coefficient (Wildman–Crippen LogP) is 2.95. The number of nitrogens with zero attached hydrogens (tertiary/aromatic N) is 4. The summed E-state index contributed by atoms with van der Waals surface area (Å²) in [5.41, 5.74) is 1.20. The van der Waals surface area contributed by atoms with Crippen molar-refractivity contribution in [2.75, 3.05) is 34.2 Å². The number of fused-ring (bicyclic) bond motifs is 1. The monoisotopic (exact) mass is 312 g/mol. The zero-order valence-corrected chi connectivity index (χ0v) is 14.3. The van der Waals surface area contributed by atoms with E-state index in [-0.39, 0.29) is 0 Å². The van der Waals surface area contributed by atoms with Crippen LogP contribution >= 0.6 is 22.9 Å². The molecule has 20 heavy (non-hydrogen) atoms. The van der Waals surface area contributed by atoms with Crippen LogP contribution in [0.15, 0.2) is 0 Å². The van der Waals surface area contributed by atoms with Crippen molar-refractivity contribution in [2.24, 2.45) is 0 Å². The molecular formula is C14H21ClN4S. The smallest absolute Gasteiger partial charge is 0.145 e. The van der Waals surface area contributed by atoms with Gasteiger partial charge in [-0.1, -0.05) is 11.6 Å². The molecule has 0 N–H and O–H groups in total. The molecule has 0 aliphatic rings. The van der Waals surface area contributed by atoms with Gasteiger partial charge in [-0.3, -0.25) is 4.90 Å². The van der Waals surface area contributed by atoms with E-state index in [4.69, 9.17) is 11.6 Å². The number of aryl methyl sites for hydroxylation is 2. The Hall–Kier alpha value is -0.750. The first-order valence-corrected chi connectivity index (χ1v) is 7.83. The second kappa shape index (κ2) is 6.35. The zero-order chi connectivity index (χ0) is 14.9. The normalized spacial score (nSPS) is 12.0. The fraction of sp³-hybridized carbons (Fsp3) is 0.571. The van der Waals surface area contributed by atoms with Crippen LogP contribution in [0.3, 0.4) is 0 Å². The Kier molecular flexibility index (Phi) is 4.96. The first-order chi connectivity index (χ1) is 9.38. The van der Waals surface area contributed by atoms with Crippen molar-refractivity contribution >= 4 is 33.2 Å². The zero-order valence-electron chi connectivity index (χ0n) is 12.7. The van der Waals surface area contributed by atoms with Crippen molar-refractivity contribution in [2.45, 2.75) is 20.4 Å². The number of halogens is 1. The Morgan fingerprint density at radius 3 is 2.45 bits per heavy atom. The van der Waals surface area contributed by atoms with Gasteiger partial charge in [-0.25, -0.2) is 9.97 Å². The fourth-order valence-corrected chi connectivity index (χ4v) is 3.44. The largest absolute Gasteiger partial charge is 0.308 e. The summed E-state index contributed by atoms with van der Waals surface area (Å²) < 4.78 is 0. The fourth-order valence-electron chi connectivity index (χ4n) is 2.00. The first-order valence-electron chi connectivity index (χ1n) is 6.64. The van der Waals surface area contributed by atoms with E-state index >= 15 is 0 Å². The van der Waals surface area contributed by atoms with Crippen LogP contribution in [0.25, 0.3) is 10.2 Å². The molecule has 0 saturated heterocycles. The number of hydrogen-bond donors (Lipinski definition) is 0. The summed E-state index contributed by atoms with van der Waals surface area (Å²) in [6, 6.07) is 0. The summed E-state index contributed by atoms with van der Waals surface area (Å²) in [6.45, 7) is 6.89. The van der Waals surface area contributed by atoms with E-state index in [1.54, 1.807) is 11.3 Å². The molecule has 0 radical (unpaired) electrons. The van der Waals surface area contributed by atoms with Crippen LogP contribution < -0.4 is 0 Å². The highest BCUT2D eigenvalue weighted by molar-refractivity contribution is 7.18. The highest BCUT2D eigenvalue weighted by Crippen LogP contribution is 2.32. The second-order valence-corrected chi connectivity index (χ2v) is 7.00. The Morgan fingerprint density at radius 1 is 1.10 bits per heavy atom. The molecule has 2 aromatic rings. The summed E-state index contributed by atoms with van der Waals surface area (Å²) in [7, 11) is 6.23. The van der Waals surface area contributed by atoms with Crippen LogP contribution in [-0.4, -0.2) is 54.0 Å². The standard InChI is InChI=1S/C14H21ClN4S/c1-9-10(2)20-14-12(9)13(15)16-11(17-14)8-19(5)7-6-18(3)4/h6-8H2,1-5H3. The van der Waals surface area contributed by atoms with Gasteiger partial charge < -0.3 is 4.90 Å². The molecule has 4 nitrogen and oxygen atoms in total. The van der Waals surface area contributed by atoms with Gasteiger partial charge in [0.05, 0.1) is 11.9 Å². The third-order valence-corrected chi connectivity index (χ3v) is 4.75. The van der Waals surface area contributed by atoms with E-state index in [1.807, 2.05) is 0 Å². The lowest BCUT2D eigenvalue weighted by molar-refractivity contribution is 0.271. The van der Waals surface area contributed by atoms with Gasteiger partial charge in [-0.15, -0.1) is 11.3 Å². The third kappa shape index (κ3) is 3.47. The molecule has 0 unspecified atom stereocenters. The molecule has 0 atom stereocenters. The summed E-state index contributed by atoms with van der Waals surface area (Å²) in [4.78, 5) is 15.7. The molecule has 0 amide bonds. The van der Waals surface area contributed by atoms with Gasteiger partial charge in [-0.2, -0.15) is 0 Å². The molecule has 0 saturated carbocycles. The number of thiophene rings is 1. The molecule has 2 rings (SSSR count). The van der Waals surface area contributed by atoms with Crippen LogP contribution in [0.5, 0.6) is 0 Å². The van der Waals surface area contributed by atoms with Gasteiger partial charge in [0.2, 0.25) is 0 Å². The van der Waals surface area contributed by atoms with Gasteiger partial charge in [0.25, 0.3) is 0 Å². The van der Waals surface area contributed by atoms with Crippen LogP contribution in [0.2, 0.25) is 5.15 Å². The highest BCUT2D eigenvalue weighted by Gasteiger charge is 2.14. The van der Waals surface area contributed by atoms with E-state index in [2.05, 4.69) is 54.8 Å². The number of likely N-dealkylation sites (N-methyl/N-ethyl adjacent to an activating group) is 2. The van der Waals surface area contributed by atoms with E-state index in [0.29, 0.717) is 5.15 Å². The summed E-state index contributed by atoms with van der Waals surface area (Å²) >= 11 is 8.01. The van der Waals surface area contributed by atoms with Gasteiger partial charge in [0, 0.05) is 18.0 Å². The van der Waals surface area contributed by atoms with E-state index in [9.17, 15) is 0 Å². The molecule has 0 aliphatic heterocycles. The molecule has 110 valence electrons. The lowest BCUT2D eigenvalue weighted by Gasteiger charge is -2.18. The van der Waals surface area contributed by atoms with Crippen molar-refractivity contribution in [3.63, 3.8) is 0 Å². The van der Waals surface area contributed by atoms with Crippen molar-refractivity contribution in [1.29, 1.82) is 0 Å². The Balaban J connectivity index is 2.19. The lowest BCUT2D eigenvalue weighted by atomic mass is 10.2. The van der Waals surface area contributed by atoms with E-state index in [0.717, 1.165) is 35.7 Å². The van der Waals surface area contributed by atoms with Gasteiger partial charge >= 0.3 is 0 Å². The minimum atomic E-state index is 0.577. The molecule has 0 bridgehead atoms. The summed E-state index contributed by atoms with van der Waals surface area (Å²) in [5, 5.41) is 1.58. The molecular weight excluding hydrogens is 292 g/mol. The summed E-state index contributed by atoms with van der Waals surface area (Å²) in [6.07, 6.45) is 0. The van der Waals surface area contributed by atoms with Crippen molar-refractivity contribution in [3.05, 3.63) is 21.4 Å². The van der Waals surface area contributed by atoms with Crippen molar-refractivity contribution in [1.82, 2.24) is 19.8 Å². The second-order valence-electron chi connectivity index (χ2n) is 5.44. The molecule has 2 aromatic heterocycles. The quantitative estimate of drug-likeness (QED) is 0.795. The maximum Gasteiger partial charge on any atom is 0.145 e. The average molecular weight is 313 g/mol. The topological polar surface area (TPSA) is 32.3 Å². The van der Waals surface area contributed by atoms with Crippen LogP contribution in [0, 0.1) is 13.8 Å². The Morgan fingerprint density at radius 2 is 1.80 bits per heavy atom. The molecule has 0 spiro atoms. The molecule has 6 heteroatoms. The average Bonchev–Trinajstić information content (AvgIpc) is 2.62. The van der Waals surface area contributed by atoms with Gasteiger partial charge in [0.15, 0.2) is 0 Å². The molecule has 0 fully saturated rings. The van der Waals surface area contributed by atoms with Crippen LogP contribution in [0.4, 0.5) is 0 Å². The van der Waals surface area contributed by atoms with Gasteiger partial charge in [-0.05, 0) is 40.6 Å². The van der Waals surface area contributed by atoms with Gasteiger partial charge in [0.1, 0.15) is 15.8 Å². The highest BCUT2D eigenvalue weighted by atomic mass is 35.5. The number of rotatable bonds is 5. The van der Waals surface area contributed by atoms with Crippen LogP contribution in [0.1, 0.15) is 16.3 Å². The summed E-state index contributed by atoms with van der Waals surface area (Å²) in [5.74, 6) is 0.796. The number of hydrogen-bond acceptors (Lipinski definition) is 5. The maximum atomic E-state index is 6.32. The van der Waals surface area contributed by atoms with Crippen molar-refractivity contribution in [3.8, 4) is 0 Å². The predicted molar refractivity (Wildman–Crippen MR) is 86.8 cm³/mol. The van der Waals surface area contributed by atoms with Crippen molar-refractivity contribution < 1.29 is 0 Å². The SMILES string of the molecule is Cc1sc2nc(CN(C)CCN(C)C)nc(Cl)c2c1C. The Labute approximate surface area is 129 Å². The minimum Gasteiger partial charge on any atom is -0.308 e. The van der Waals surface area contributed by atoms with E-state index < -0.39 is 0 Å². The minimum absolute atomic E-state index is 0.577.